The molecule has 0 aromatic heterocycles. The first-order valence-electron chi connectivity index (χ1n) is 6.95. The van der Waals surface area contributed by atoms with Gasteiger partial charge in [-0.1, -0.05) is 23.7 Å². The van der Waals surface area contributed by atoms with Gasteiger partial charge in [-0.3, -0.25) is 9.59 Å². The van der Waals surface area contributed by atoms with Crippen LogP contribution in [0.15, 0.2) is 53.4 Å². The van der Waals surface area contributed by atoms with Gasteiger partial charge < -0.3 is 10.2 Å². The third-order valence-corrected chi connectivity index (χ3v) is 4.24. The van der Waals surface area contributed by atoms with Crippen LogP contribution in [-0.4, -0.2) is 36.6 Å². The summed E-state index contributed by atoms with van der Waals surface area (Å²) in [7, 11) is 1.61. The maximum Gasteiger partial charge on any atom is 0.255 e. The Balaban J connectivity index is 2.00. The molecule has 0 saturated carbocycles. The number of amides is 2. The van der Waals surface area contributed by atoms with Gasteiger partial charge in [0.15, 0.2) is 0 Å². The third kappa shape index (κ3) is 4.74. The fraction of sp³-hybridized carbons (Fsp3) is 0.176. The largest absolute Gasteiger partial charge is 0.332 e. The van der Waals surface area contributed by atoms with Gasteiger partial charge >= 0.3 is 0 Å². The fourth-order valence-electron chi connectivity index (χ4n) is 2.05. The molecule has 0 saturated heterocycles. The predicted octanol–water partition coefficient (Wildman–Crippen LogP) is 3.77. The Morgan fingerprint density at radius 3 is 2.43 bits per heavy atom. The maximum atomic E-state index is 12.5. The molecule has 2 amide bonds. The van der Waals surface area contributed by atoms with E-state index >= 15 is 0 Å². The lowest BCUT2D eigenvalue weighted by molar-refractivity contribution is -0.116. The highest BCUT2D eigenvalue weighted by Crippen LogP contribution is 2.21. The minimum atomic E-state index is -0.259. The summed E-state index contributed by atoms with van der Waals surface area (Å²) in [5, 5.41) is 3.34. The van der Waals surface area contributed by atoms with Crippen molar-refractivity contribution in [3.8, 4) is 0 Å². The zero-order valence-corrected chi connectivity index (χ0v) is 14.4. The second-order valence-corrected chi connectivity index (χ2v) is 6.20. The van der Waals surface area contributed by atoms with Crippen LogP contribution in [0, 0.1) is 0 Å². The van der Waals surface area contributed by atoms with Crippen molar-refractivity contribution in [3.63, 3.8) is 0 Å². The number of likely N-dealkylation sites (N-methyl/N-ethyl adjacent to an activating group) is 1. The fourth-order valence-corrected chi connectivity index (χ4v) is 2.76. The highest BCUT2D eigenvalue weighted by atomic mass is 35.5. The summed E-state index contributed by atoms with van der Waals surface area (Å²) >= 11 is 7.31. The molecule has 2 rings (SSSR count). The van der Waals surface area contributed by atoms with Crippen molar-refractivity contribution < 1.29 is 9.59 Å². The molecule has 0 aliphatic heterocycles. The Morgan fingerprint density at radius 1 is 1.13 bits per heavy atom. The van der Waals surface area contributed by atoms with E-state index in [9.17, 15) is 9.59 Å². The van der Waals surface area contributed by atoms with E-state index in [4.69, 9.17) is 11.6 Å². The highest BCUT2D eigenvalue weighted by molar-refractivity contribution is 7.98. The van der Waals surface area contributed by atoms with Gasteiger partial charge in [-0.15, -0.1) is 11.8 Å². The second kappa shape index (κ2) is 8.04. The Bertz CT molecular complexity index is 704. The van der Waals surface area contributed by atoms with Crippen LogP contribution in [0.25, 0.3) is 0 Å². The molecule has 0 spiro atoms. The smallest absolute Gasteiger partial charge is 0.255 e. The lowest BCUT2D eigenvalue weighted by Crippen LogP contribution is -2.35. The van der Waals surface area contributed by atoms with E-state index < -0.39 is 0 Å². The quantitative estimate of drug-likeness (QED) is 0.837. The molecule has 0 radical (unpaired) electrons. The number of thioether (sulfide) groups is 1. The summed E-state index contributed by atoms with van der Waals surface area (Å²) < 4.78 is 0. The Kier molecular flexibility index (Phi) is 6.07. The summed E-state index contributed by atoms with van der Waals surface area (Å²) in [5.74, 6) is -0.439. The van der Waals surface area contributed by atoms with Crippen molar-refractivity contribution >= 4 is 40.9 Å². The molecule has 0 bridgehead atoms. The summed E-state index contributed by atoms with van der Waals surface area (Å²) in [6.45, 7) is -0.0236. The number of nitrogens with one attached hydrogen (secondary N) is 1. The maximum absolute atomic E-state index is 12.5. The predicted molar refractivity (Wildman–Crippen MR) is 95.3 cm³/mol. The van der Waals surface area contributed by atoms with E-state index in [2.05, 4.69) is 5.32 Å². The van der Waals surface area contributed by atoms with Gasteiger partial charge in [0.1, 0.15) is 0 Å². The van der Waals surface area contributed by atoms with Gasteiger partial charge in [-0.2, -0.15) is 0 Å². The van der Waals surface area contributed by atoms with Crippen LogP contribution in [-0.2, 0) is 4.79 Å². The van der Waals surface area contributed by atoms with E-state index in [0.717, 1.165) is 4.90 Å². The molecule has 120 valence electrons. The van der Waals surface area contributed by atoms with Crippen molar-refractivity contribution in [2.75, 3.05) is 25.2 Å². The number of halogens is 1. The molecule has 0 atom stereocenters. The average Bonchev–Trinajstić information content (AvgIpc) is 2.56. The van der Waals surface area contributed by atoms with Crippen LogP contribution < -0.4 is 5.32 Å². The molecule has 23 heavy (non-hydrogen) atoms. The van der Waals surface area contributed by atoms with E-state index in [-0.39, 0.29) is 18.4 Å². The summed E-state index contributed by atoms with van der Waals surface area (Å²) in [5.41, 5.74) is 1.24. The van der Waals surface area contributed by atoms with Crippen LogP contribution >= 0.6 is 23.4 Å². The summed E-state index contributed by atoms with van der Waals surface area (Å²) in [4.78, 5) is 26.8. The topological polar surface area (TPSA) is 49.4 Å². The zero-order chi connectivity index (χ0) is 16.8. The van der Waals surface area contributed by atoms with Gasteiger partial charge in [0, 0.05) is 22.7 Å². The Morgan fingerprint density at radius 2 is 1.78 bits per heavy atom. The molecule has 1 N–H and O–H groups in total. The molecular weight excluding hydrogens is 332 g/mol. The molecule has 0 aliphatic rings. The first kappa shape index (κ1) is 17.4. The molecule has 0 aliphatic carbocycles. The molecule has 4 nitrogen and oxygen atoms in total. The number of anilines is 1. The van der Waals surface area contributed by atoms with Gasteiger partial charge in [-0.25, -0.2) is 0 Å². The lowest BCUT2D eigenvalue weighted by atomic mass is 10.2. The van der Waals surface area contributed by atoms with E-state index in [1.807, 2.05) is 24.5 Å². The lowest BCUT2D eigenvalue weighted by Gasteiger charge is -2.18. The first-order valence-corrected chi connectivity index (χ1v) is 8.55. The van der Waals surface area contributed by atoms with Crippen LogP contribution in [0.3, 0.4) is 0 Å². The van der Waals surface area contributed by atoms with Crippen molar-refractivity contribution in [3.05, 3.63) is 59.1 Å². The van der Waals surface area contributed by atoms with Gasteiger partial charge in [-0.05, 0) is 42.7 Å². The van der Waals surface area contributed by atoms with E-state index in [1.54, 1.807) is 37.4 Å². The molecule has 2 aromatic rings. The number of hydrogen-bond acceptors (Lipinski definition) is 3. The Hall–Kier alpha value is -1.98. The molecule has 0 unspecified atom stereocenters. The van der Waals surface area contributed by atoms with Gasteiger partial charge in [0.05, 0.1) is 12.1 Å². The number of hydrogen-bond donors (Lipinski definition) is 1. The molecular formula is C17H17ClN2O2S. The number of nitrogens with zero attached hydrogens (tertiary/aromatic N) is 1. The summed E-state index contributed by atoms with van der Waals surface area (Å²) in [6, 6.07) is 14.2. The molecule has 6 heteroatoms. The minimum absolute atomic E-state index is 0.0236. The monoisotopic (exact) mass is 348 g/mol. The Labute approximate surface area is 144 Å². The first-order chi connectivity index (χ1) is 11.0. The van der Waals surface area contributed by atoms with Crippen LogP contribution in [0.5, 0.6) is 0 Å². The van der Waals surface area contributed by atoms with Crippen LogP contribution in [0.2, 0.25) is 5.02 Å². The second-order valence-electron chi connectivity index (χ2n) is 4.92. The average molecular weight is 349 g/mol. The normalized spacial score (nSPS) is 10.2. The van der Waals surface area contributed by atoms with E-state index in [1.165, 1.54) is 16.7 Å². The minimum Gasteiger partial charge on any atom is -0.332 e. The van der Waals surface area contributed by atoms with Crippen LogP contribution in [0.4, 0.5) is 5.69 Å². The van der Waals surface area contributed by atoms with Gasteiger partial charge in [0.2, 0.25) is 5.91 Å². The van der Waals surface area contributed by atoms with Crippen LogP contribution in [0.1, 0.15) is 10.4 Å². The highest BCUT2D eigenvalue weighted by Gasteiger charge is 2.17. The SMILES string of the molecule is CSc1ccccc1C(=O)N(C)CC(=O)Nc1ccc(Cl)cc1. The standard InChI is InChI=1S/C17H17ClN2O2S/c1-20(17(22)14-5-3-4-6-15(14)23-2)11-16(21)19-13-9-7-12(18)8-10-13/h3-10H,11H2,1-2H3,(H,19,21). The van der Waals surface area contributed by atoms with Crippen molar-refractivity contribution in [1.29, 1.82) is 0 Å². The number of carbonyl (C=O) groups is 2. The number of benzene rings is 2. The molecule has 0 heterocycles. The molecule has 2 aromatic carbocycles. The zero-order valence-electron chi connectivity index (χ0n) is 12.9. The van der Waals surface area contributed by atoms with Crippen molar-refractivity contribution in [2.45, 2.75) is 4.90 Å². The van der Waals surface area contributed by atoms with Crippen molar-refractivity contribution in [1.82, 2.24) is 4.90 Å². The van der Waals surface area contributed by atoms with Crippen molar-refractivity contribution in [2.24, 2.45) is 0 Å². The van der Waals surface area contributed by atoms with E-state index in [0.29, 0.717) is 16.3 Å². The summed E-state index contributed by atoms with van der Waals surface area (Å²) in [6.07, 6.45) is 1.92. The van der Waals surface area contributed by atoms with Gasteiger partial charge in [0.25, 0.3) is 5.91 Å². The number of carbonyl (C=O) groups excluding carboxylic acids is 2. The third-order valence-electron chi connectivity index (χ3n) is 3.19. The molecule has 0 fully saturated rings. The number of rotatable bonds is 5.